The van der Waals surface area contributed by atoms with Crippen LogP contribution in [-0.4, -0.2) is 62.0 Å². The van der Waals surface area contributed by atoms with Crippen LogP contribution >= 0.6 is 0 Å². The van der Waals surface area contributed by atoms with Gasteiger partial charge in [-0.3, -0.25) is 4.79 Å². The molecule has 2 aliphatic heterocycles. The van der Waals surface area contributed by atoms with Crippen molar-refractivity contribution in [3.63, 3.8) is 0 Å². The smallest absolute Gasteiger partial charge is 0.341 e. The highest BCUT2D eigenvalue weighted by molar-refractivity contribution is 5.86. The number of aromatic nitrogens is 3. The van der Waals surface area contributed by atoms with Crippen LogP contribution in [-0.2, 0) is 10.2 Å². The highest BCUT2D eigenvalue weighted by Crippen LogP contribution is 2.33. The molecule has 0 bridgehead atoms. The second-order valence-electron chi connectivity index (χ2n) is 10.4. The summed E-state index contributed by atoms with van der Waals surface area (Å²) in [4.78, 5) is 30.7. The molecule has 10 nitrogen and oxygen atoms in total. The molecular formula is C27H28F3N7O3. The van der Waals surface area contributed by atoms with Gasteiger partial charge in [0.2, 0.25) is 5.91 Å². The highest BCUT2D eigenvalue weighted by Gasteiger charge is 2.39. The number of primary amides is 1. The summed E-state index contributed by atoms with van der Waals surface area (Å²) in [5.41, 5.74) is 6.80. The lowest BCUT2D eigenvalue weighted by molar-refractivity contribution is -0.122. The number of nitrogens with zero attached hydrogens (tertiary/aromatic N) is 6. The van der Waals surface area contributed by atoms with E-state index in [1.165, 1.54) is 39.0 Å². The number of pyridine rings is 1. The zero-order valence-corrected chi connectivity index (χ0v) is 22.4. The topological polar surface area (TPSA) is 119 Å². The number of urea groups is 1. The van der Waals surface area contributed by atoms with Gasteiger partial charge in [-0.1, -0.05) is 0 Å². The van der Waals surface area contributed by atoms with Gasteiger partial charge in [0.05, 0.1) is 36.4 Å². The van der Waals surface area contributed by atoms with Gasteiger partial charge < -0.3 is 15.4 Å². The van der Waals surface area contributed by atoms with Crippen molar-refractivity contribution in [1.82, 2.24) is 24.7 Å². The zero-order valence-electron chi connectivity index (χ0n) is 22.4. The molecule has 3 aromatic rings. The number of halogens is 3. The van der Waals surface area contributed by atoms with Crippen LogP contribution in [0.1, 0.15) is 48.8 Å². The Hall–Kier alpha value is -4.42. The lowest BCUT2D eigenvalue weighted by Crippen LogP contribution is -2.58. The van der Waals surface area contributed by atoms with Gasteiger partial charge in [-0.05, 0) is 45.4 Å². The first-order valence-electron chi connectivity index (χ1n) is 12.6. The minimum atomic E-state index is -0.977. The number of carbonyl (C=O) groups excluding carboxylic acids is 2. The summed E-state index contributed by atoms with van der Waals surface area (Å²) in [6.07, 6.45) is 2.35. The first-order chi connectivity index (χ1) is 18.9. The molecule has 13 heteroatoms. The third kappa shape index (κ3) is 4.75. The van der Waals surface area contributed by atoms with Crippen molar-refractivity contribution in [3.05, 3.63) is 70.4 Å². The summed E-state index contributed by atoms with van der Waals surface area (Å²) in [6.45, 7) is 7.25. The van der Waals surface area contributed by atoms with Crippen LogP contribution in [0.25, 0.3) is 5.82 Å². The van der Waals surface area contributed by atoms with Crippen molar-refractivity contribution in [2.45, 2.75) is 51.7 Å². The molecular weight excluding hydrogens is 527 g/mol. The number of aryl methyl sites for hydroxylation is 1. The molecule has 1 saturated heterocycles. The van der Waals surface area contributed by atoms with Crippen LogP contribution in [0.4, 0.5) is 18.0 Å². The molecule has 1 fully saturated rings. The van der Waals surface area contributed by atoms with Gasteiger partial charge in [0.1, 0.15) is 17.7 Å². The summed E-state index contributed by atoms with van der Waals surface area (Å²) in [6, 6.07) is 3.43. The third-order valence-corrected chi connectivity index (χ3v) is 7.26. The van der Waals surface area contributed by atoms with Crippen LogP contribution in [0.2, 0.25) is 0 Å². The maximum absolute atomic E-state index is 14.6. The molecule has 0 spiro atoms. The normalized spacial score (nSPS) is 17.3. The highest BCUT2D eigenvalue weighted by atomic mass is 19.1. The molecule has 3 amide bonds. The van der Waals surface area contributed by atoms with Crippen LogP contribution in [0.3, 0.4) is 0 Å². The molecule has 0 radical (unpaired) electrons. The standard InChI is InChI=1S/C27H28F3N7O3/c1-14-24(27(3,4)25(31)38)15(2)36(34-14)23-10-22(20(30)11-32-23)40-19-12-35(13-19)26(39)37-21(5-6-33-37)16-7-17(28)9-18(29)8-16/h6-11,19,21H,5,12-13H2,1-4H3,(H2,31,38)/t21-/m0/s1. The SMILES string of the molecule is Cc1nn(-c2cc(OC3CN(C(=O)N4N=CC[C@H]4c4cc(F)cc(F)c4)C3)c(F)cn2)c(C)c1C(C)(C)C(N)=O. The van der Waals surface area contributed by atoms with Crippen molar-refractivity contribution >= 4 is 18.2 Å². The number of hydrogen-bond donors (Lipinski definition) is 1. The summed E-state index contributed by atoms with van der Waals surface area (Å²) in [5.74, 6) is -2.46. The van der Waals surface area contributed by atoms with E-state index in [2.05, 4.69) is 15.2 Å². The molecule has 210 valence electrons. The number of hydrazone groups is 1. The Labute approximate surface area is 228 Å². The minimum absolute atomic E-state index is 0.0716. The molecule has 2 aromatic heterocycles. The fraction of sp³-hybridized carbons (Fsp3) is 0.370. The van der Waals surface area contributed by atoms with Gasteiger partial charge >= 0.3 is 6.03 Å². The molecule has 5 rings (SSSR count). The van der Waals surface area contributed by atoms with Crippen molar-refractivity contribution in [1.29, 1.82) is 0 Å². The Morgan fingerprint density at radius 1 is 1.07 bits per heavy atom. The molecule has 2 N–H and O–H groups in total. The van der Waals surface area contributed by atoms with E-state index in [0.29, 0.717) is 28.9 Å². The average molecular weight is 556 g/mol. The Bertz CT molecular complexity index is 1510. The molecule has 2 aliphatic rings. The molecule has 0 saturated carbocycles. The number of amides is 3. The van der Waals surface area contributed by atoms with Crippen molar-refractivity contribution < 1.29 is 27.5 Å². The Kier molecular flexibility index (Phi) is 6.76. The number of nitrogens with two attached hydrogens (primary N) is 1. The number of benzene rings is 1. The van der Waals surface area contributed by atoms with E-state index in [4.69, 9.17) is 10.5 Å². The minimum Gasteiger partial charge on any atom is -0.483 e. The third-order valence-electron chi connectivity index (χ3n) is 7.26. The van der Waals surface area contributed by atoms with Crippen LogP contribution < -0.4 is 10.5 Å². The van der Waals surface area contributed by atoms with Gasteiger partial charge in [-0.25, -0.2) is 32.6 Å². The largest absolute Gasteiger partial charge is 0.483 e. The molecule has 4 heterocycles. The number of ether oxygens (including phenoxy) is 1. The summed E-state index contributed by atoms with van der Waals surface area (Å²) >= 11 is 0. The predicted molar refractivity (Wildman–Crippen MR) is 138 cm³/mol. The van der Waals surface area contributed by atoms with E-state index in [0.717, 1.165) is 12.3 Å². The van der Waals surface area contributed by atoms with Crippen LogP contribution in [0.15, 0.2) is 35.6 Å². The van der Waals surface area contributed by atoms with Gasteiger partial charge in [0.25, 0.3) is 0 Å². The van der Waals surface area contributed by atoms with Gasteiger partial charge in [-0.15, -0.1) is 0 Å². The maximum Gasteiger partial charge on any atom is 0.341 e. The Balaban J connectivity index is 1.28. The maximum atomic E-state index is 14.6. The van der Waals surface area contributed by atoms with Crippen molar-refractivity contribution in [2.75, 3.05) is 13.1 Å². The number of rotatable bonds is 6. The first kappa shape index (κ1) is 27.2. The average Bonchev–Trinajstić information content (AvgIpc) is 3.45. The van der Waals surface area contributed by atoms with E-state index in [1.54, 1.807) is 27.7 Å². The van der Waals surface area contributed by atoms with Crippen LogP contribution in [0.5, 0.6) is 5.75 Å². The quantitative estimate of drug-likeness (QED) is 0.498. The van der Waals surface area contributed by atoms with E-state index < -0.39 is 47.0 Å². The fourth-order valence-electron chi connectivity index (χ4n) is 5.15. The van der Waals surface area contributed by atoms with E-state index in [1.807, 2.05) is 0 Å². The van der Waals surface area contributed by atoms with E-state index >= 15 is 0 Å². The lowest BCUT2D eigenvalue weighted by Gasteiger charge is -2.41. The molecule has 40 heavy (non-hydrogen) atoms. The second kappa shape index (κ2) is 9.96. The number of hydrogen-bond acceptors (Lipinski definition) is 6. The summed E-state index contributed by atoms with van der Waals surface area (Å²) in [5, 5.41) is 9.76. The van der Waals surface area contributed by atoms with Crippen molar-refractivity contribution in [2.24, 2.45) is 10.8 Å². The molecule has 0 aliphatic carbocycles. The molecule has 1 aromatic carbocycles. The van der Waals surface area contributed by atoms with Gasteiger partial charge in [0.15, 0.2) is 17.4 Å². The Morgan fingerprint density at radius 3 is 2.40 bits per heavy atom. The van der Waals surface area contributed by atoms with Gasteiger partial charge in [0, 0.05) is 36.0 Å². The molecule has 0 unspecified atom stereocenters. The lowest BCUT2D eigenvalue weighted by atomic mass is 9.82. The zero-order chi connectivity index (χ0) is 28.9. The fourth-order valence-corrected chi connectivity index (χ4v) is 5.15. The van der Waals surface area contributed by atoms with Crippen LogP contribution in [0, 0.1) is 31.3 Å². The van der Waals surface area contributed by atoms with Crippen molar-refractivity contribution in [3.8, 4) is 11.6 Å². The number of likely N-dealkylation sites (tertiary alicyclic amines) is 1. The second-order valence-corrected chi connectivity index (χ2v) is 10.4. The monoisotopic (exact) mass is 555 g/mol. The first-order valence-corrected chi connectivity index (χ1v) is 12.6. The van der Waals surface area contributed by atoms with Gasteiger partial charge in [-0.2, -0.15) is 10.2 Å². The molecule has 1 atom stereocenters. The number of carbonyl (C=O) groups is 2. The summed E-state index contributed by atoms with van der Waals surface area (Å²) in [7, 11) is 0. The summed E-state index contributed by atoms with van der Waals surface area (Å²) < 4.78 is 49.4. The van der Waals surface area contributed by atoms with E-state index in [9.17, 15) is 22.8 Å². The predicted octanol–water partition coefficient (Wildman–Crippen LogP) is 3.68. The van der Waals surface area contributed by atoms with E-state index in [-0.39, 0.29) is 24.7 Å². The Morgan fingerprint density at radius 2 is 1.75 bits per heavy atom.